The molecule has 33 heavy (non-hydrogen) atoms. The van der Waals surface area contributed by atoms with Crippen molar-refractivity contribution in [1.29, 1.82) is 5.26 Å². The normalized spacial score (nSPS) is 22.2. The lowest BCUT2D eigenvalue weighted by atomic mass is 9.87. The number of aromatic nitrogens is 1. The standard InChI is InChI=1S/C26H32N4O3/c1-16(2)21-14-29(9-10-30(21)25(31)22-6-5-11-32-22)24-19(13-27)18-12-26(3,4)33-15-20(18)23(28-24)17-7-8-17/h5-6,11,16-17,21H,7-10,12,14-15H2,1-4H3/t21-/m0/s1. The summed E-state index contributed by atoms with van der Waals surface area (Å²) in [6, 6.07) is 5.96. The van der Waals surface area contributed by atoms with Gasteiger partial charge in [0.1, 0.15) is 11.9 Å². The van der Waals surface area contributed by atoms with Crippen molar-refractivity contribution in [1.82, 2.24) is 9.88 Å². The fourth-order valence-corrected chi connectivity index (χ4v) is 5.19. The SMILES string of the molecule is CC(C)[C@@H]1CN(c2nc(C3CC3)c3c(c2C#N)CC(C)(C)OC3)CCN1C(=O)c1ccco1. The highest BCUT2D eigenvalue weighted by Gasteiger charge is 2.39. The molecule has 1 atom stereocenters. The van der Waals surface area contributed by atoms with Gasteiger partial charge in [-0.3, -0.25) is 4.79 Å². The number of hydrogen-bond acceptors (Lipinski definition) is 6. The number of rotatable bonds is 4. The van der Waals surface area contributed by atoms with Gasteiger partial charge in [-0.1, -0.05) is 13.8 Å². The highest BCUT2D eigenvalue weighted by atomic mass is 16.5. The van der Waals surface area contributed by atoms with Crippen molar-refractivity contribution in [2.75, 3.05) is 24.5 Å². The van der Waals surface area contributed by atoms with Gasteiger partial charge in [-0.2, -0.15) is 5.26 Å². The van der Waals surface area contributed by atoms with Crippen LogP contribution >= 0.6 is 0 Å². The first kappa shape index (κ1) is 22.0. The quantitative estimate of drug-likeness (QED) is 0.695. The van der Waals surface area contributed by atoms with E-state index in [2.05, 4.69) is 38.7 Å². The first-order valence-electron chi connectivity index (χ1n) is 12.0. The van der Waals surface area contributed by atoms with Crippen molar-refractivity contribution in [3.63, 3.8) is 0 Å². The van der Waals surface area contributed by atoms with Crippen LogP contribution in [0.3, 0.4) is 0 Å². The summed E-state index contributed by atoms with van der Waals surface area (Å²) in [5, 5.41) is 10.2. The van der Waals surface area contributed by atoms with Crippen LogP contribution in [0, 0.1) is 17.2 Å². The molecule has 1 saturated carbocycles. The van der Waals surface area contributed by atoms with Crippen LogP contribution in [-0.4, -0.2) is 47.1 Å². The summed E-state index contributed by atoms with van der Waals surface area (Å²) in [7, 11) is 0. The summed E-state index contributed by atoms with van der Waals surface area (Å²) in [6.07, 6.45) is 4.54. The summed E-state index contributed by atoms with van der Waals surface area (Å²) in [4.78, 5) is 22.3. The molecule has 0 unspecified atom stereocenters. The van der Waals surface area contributed by atoms with E-state index in [-0.39, 0.29) is 23.5 Å². The molecule has 0 spiro atoms. The topological polar surface area (TPSA) is 82.6 Å². The van der Waals surface area contributed by atoms with Gasteiger partial charge in [0, 0.05) is 37.5 Å². The minimum absolute atomic E-state index is 0.00451. The number of piperazine rings is 1. The van der Waals surface area contributed by atoms with Crippen molar-refractivity contribution in [2.24, 2.45) is 5.92 Å². The van der Waals surface area contributed by atoms with Gasteiger partial charge in [0.15, 0.2) is 5.76 Å². The average molecular weight is 449 g/mol. The monoisotopic (exact) mass is 448 g/mol. The Kier molecular flexibility index (Phi) is 5.44. The first-order valence-corrected chi connectivity index (χ1v) is 12.0. The molecular weight excluding hydrogens is 416 g/mol. The number of amides is 1. The van der Waals surface area contributed by atoms with E-state index >= 15 is 0 Å². The minimum Gasteiger partial charge on any atom is -0.459 e. The zero-order valence-corrected chi connectivity index (χ0v) is 19.9. The van der Waals surface area contributed by atoms with E-state index in [0.717, 1.165) is 35.5 Å². The highest BCUT2D eigenvalue weighted by molar-refractivity contribution is 5.92. The molecule has 1 amide bonds. The average Bonchev–Trinajstić information content (AvgIpc) is 3.49. The number of ether oxygens (including phenoxy) is 1. The second-order valence-corrected chi connectivity index (χ2v) is 10.5. The number of nitrogens with zero attached hydrogens (tertiary/aromatic N) is 4. The first-order chi connectivity index (χ1) is 15.8. The minimum atomic E-state index is -0.299. The fourth-order valence-electron chi connectivity index (χ4n) is 5.19. The predicted molar refractivity (Wildman–Crippen MR) is 124 cm³/mol. The molecule has 174 valence electrons. The van der Waals surface area contributed by atoms with E-state index in [1.54, 1.807) is 12.1 Å². The molecule has 1 aliphatic carbocycles. The van der Waals surface area contributed by atoms with Crippen LogP contribution in [-0.2, 0) is 17.8 Å². The molecule has 2 aromatic heterocycles. The number of nitriles is 1. The van der Waals surface area contributed by atoms with E-state index < -0.39 is 0 Å². The highest BCUT2D eigenvalue weighted by Crippen LogP contribution is 2.46. The van der Waals surface area contributed by atoms with E-state index in [0.29, 0.717) is 49.9 Å². The maximum Gasteiger partial charge on any atom is 0.289 e. The van der Waals surface area contributed by atoms with Gasteiger partial charge in [-0.05, 0) is 50.3 Å². The molecule has 2 aromatic rings. The summed E-state index contributed by atoms with van der Waals surface area (Å²) in [6.45, 7) is 10.8. The summed E-state index contributed by atoms with van der Waals surface area (Å²) >= 11 is 0. The maximum atomic E-state index is 13.1. The molecular formula is C26H32N4O3. The number of furan rings is 1. The maximum absolute atomic E-state index is 13.1. The number of hydrogen-bond donors (Lipinski definition) is 0. The molecule has 0 radical (unpaired) electrons. The Hall–Kier alpha value is -2.85. The Morgan fingerprint density at radius 3 is 2.70 bits per heavy atom. The van der Waals surface area contributed by atoms with E-state index in [9.17, 15) is 10.1 Å². The van der Waals surface area contributed by atoms with E-state index in [4.69, 9.17) is 14.1 Å². The molecule has 5 rings (SSSR count). The second-order valence-electron chi connectivity index (χ2n) is 10.5. The third-order valence-corrected chi connectivity index (χ3v) is 7.19. The van der Waals surface area contributed by atoms with Crippen LogP contribution < -0.4 is 4.90 Å². The largest absolute Gasteiger partial charge is 0.459 e. The van der Waals surface area contributed by atoms with Crippen LogP contribution in [0.5, 0.6) is 0 Å². The van der Waals surface area contributed by atoms with Crippen molar-refractivity contribution in [3.8, 4) is 6.07 Å². The summed E-state index contributed by atoms with van der Waals surface area (Å²) in [5.41, 5.74) is 3.73. The van der Waals surface area contributed by atoms with Crippen molar-refractivity contribution in [2.45, 2.75) is 71.1 Å². The molecule has 7 nitrogen and oxygen atoms in total. The van der Waals surface area contributed by atoms with Crippen LogP contribution in [0.1, 0.15) is 79.4 Å². The smallest absolute Gasteiger partial charge is 0.289 e. The molecule has 2 aliphatic heterocycles. The van der Waals surface area contributed by atoms with Gasteiger partial charge in [-0.15, -0.1) is 0 Å². The number of carbonyl (C=O) groups excluding carboxylic acids is 1. The third kappa shape index (κ3) is 4.02. The molecule has 3 aliphatic rings. The summed E-state index contributed by atoms with van der Waals surface area (Å²) < 4.78 is 11.5. The van der Waals surface area contributed by atoms with Crippen molar-refractivity contribution < 1.29 is 13.9 Å². The molecule has 0 aromatic carbocycles. The van der Waals surface area contributed by atoms with Gasteiger partial charge < -0.3 is 19.0 Å². The van der Waals surface area contributed by atoms with E-state index in [1.165, 1.54) is 6.26 Å². The van der Waals surface area contributed by atoms with Gasteiger partial charge in [0.2, 0.25) is 0 Å². The van der Waals surface area contributed by atoms with Gasteiger partial charge in [-0.25, -0.2) is 4.98 Å². The fraction of sp³-hybridized carbons (Fsp3) is 0.577. The van der Waals surface area contributed by atoms with Crippen LogP contribution in [0.25, 0.3) is 0 Å². The lowest BCUT2D eigenvalue weighted by molar-refractivity contribution is -0.0407. The Balaban J connectivity index is 1.51. The van der Waals surface area contributed by atoms with Crippen molar-refractivity contribution >= 4 is 11.7 Å². The lowest BCUT2D eigenvalue weighted by Crippen LogP contribution is -2.57. The van der Waals surface area contributed by atoms with Gasteiger partial charge in [0.25, 0.3) is 5.91 Å². The number of pyridine rings is 1. The summed E-state index contributed by atoms with van der Waals surface area (Å²) in [5.74, 6) is 1.81. The van der Waals surface area contributed by atoms with Crippen molar-refractivity contribution in [3.05, 3.63) is 46.5 Å². The molecule has 2 fully saturated rings. The Morgan fingerprint density at radius 2 is 2.06 bits per heavy atom. The number of anilines is 1. The zero-order chi connectivity index (χ0) is 23.3. The third-order valence-electron chi connectivity index (χ3n) is 7.19. The molecule has 1 saturated heterocycles. The molecule has 0 bridgehead atoms. The Morgan fingerprint density at radius 1 is 1.27 bits per heavy atom. The molecule has 0 N–H and O–H groups in total. The Labute approximate surface area is 195 Å². The number of fused-ring (bicyclic) bond motifs is 1. The molecule has 7 heteroatoms. The predicted octanol–water partition coefficient (Wildman–Crippen LogP) is 4.26. The van der Waals surface area contributed by atoms with Crippen LogP contribution in [0.15, 0.2) is 22.8 Å². The zero-order valence-electron chi connectivity index (χ0n) is 19.9. The van der Waals surface area contributed by atoms with Crippen LogP contribution in [0.4, 0.5) is 5.82 Å². The molecule has 4 heterocycles. The van der Waals surface area contributed by atoms with Gasteiger partial charge >= 0.3 is 0 Å². The van der Waals surface area contributed by atoms with E-state index in [1.807, 2.05) is 4.90 Å². The second kappa shape index (κ2) is 8.18. The number of carbonyl (C=O) groups is 1. The van der Waals surface area contributed by atoms with Crippen LogP contribution in [0.2, 0.25) is 0 Å². The Bertz CT molecular complexity index is 1100. The van der Waals surface area contributed by atoms with Gasteiger partial charge in [0.05, 0.1) is 35.8 Å². The lowest BCUT2D eigenvalue weighted by Gasteiger charge is -2.44.